The van der Waals surface area contributed by atoms with E-state index in [2.05, 4.69) is 12.2 Å². The second-order valence-electron chi connectivity index (χ2n) is 6.22. The van der Waals surface area contributed by atoms with E-state index in [1.807, 2.05) is 41.5 Å². The Hall–Kier alpha value is -0.633. The van der Waals surface area contributed by atoms with E-state index in [-0.39, 0.29) is 11.4 Å². The predicted molar refractivity (Wildman–Crippen MR) is 88.1 cm³/mol. The van der Waals surface area contributed by atoms with E-state index < -0.39 is 14.5 Å². The summed E-state index contributed by atoms with van der Waals surface area (Å²) < 4.78 is 18.2. The van der Waals surface area contributed by atoms with Crippen molar-refractivity contribution in [1.82, 2.24) is 5.32 Å². The van der Waals surface area contributed by atoms with Gasteiger partial charge < -0.3 is 24.3 Å². The van der Waals surface area contributed by atoms with Gasteiger partial charge in [-0.3, -0.25) is 5.41 Å². The summed E-state index contributed by atoms with van der Waals surface area (Å²) in [6.07, 6.45) is 0.909. The topological polar surface area (TPSA) is 89.6 Å². The van der Waals surface area contributed by atoms with Gasteiger partial charge >= 0.3 is 8.80 Å². The highest BCUT2D eigenvalue weighted by Gasteiger charge is 2.51. The molecule has 0 saturated carbocycles. The van der Waals surface area contributed by atoms with Gasteiger partial charge in [0.2, 0.25) is 0 Å². The SMILES string of the molecule is CCC[Si](OCC)(OCC)OC(C)(NC(=N)N)C(C)(C)C. The number of rotatable bonds is 9. The zero-order valence-corrected chi connectivity index (χ0v) is 15.6. The van der Waals surface area contributed by atoms with Gasteiger partial charge in [-0.25, -0.2) is 0 Å². The minimum absolute atomic E-state index is 0.125. The summed E-state index contributed by atoms with van der Waals surface area (Å²) in [6, 6.07) is 0.736. The Labute approximate surface area is 130 Å². The van der Waals surface area contributed by atoms with Crippen molar-refractivity contribution in [2.45, 2.75) is 66.7 Å². The predicted octanol–water partition coefficient (Wildman–Crippen LogP) is 2.67. The Morgan fingerprint density at radius 3 is 1.86 bits per heavy atom. The molecule has 0 amide bonds. The first-order valence-electron chi connectivity index (χ1n) is 7.66. The van der Waals surface area contributed by atoms with Gasteiger partial charge in [-0.05, 0) is 20.8 Å². The van der Waals surface area contributed by atoms with E-state index >= 15 is 0 Å². The van der Waals surface area contributed by atoms with Crippen LogP contribution < -0.4 is 11.1 Å². The van der Waals surface area contributed by atoms with Gasteiger partial charge in [-0.15, -0.1) is 0 Å². The molecule has 6 nitrogen and oxygen atoms in total. The average Bonchev–Trinajstić information content (AvgIpc) is 2.26. The first-order chi connectivity index (χ1) is 9.56. The summed E-state index contributed by atoms with van der Waals surface area (Å²) in [6.45, 7) is 15.0. The highest BCUT2D eigenvalue weighted by molar-refractivity contribution is 6.60. The molecule has 0 rings (SSSR count). The first-order valence-corrected chi connectivity index (χ1v) is 9.59. The third-order valence-electron chi connectivity index (χ3n) is 3.45. The van der Waals surface area contributed by atoms with Crippen molar-refractivity contribution in [2.24, 2.45) is 11.1 Å². The van der Waals surface area contributed by atoms with Crippen LogP contribution in [0.3, 0.4) is 0 Å². The fourth-order valence-electron chi connectivity index (χ4n) is 1.98. The van der Waals surface area contributed by atoms with Crippen LogP contribution in [-0.2, 0) is 13.3 Å². The van der Waals surface area contributed by atoms with Crippen LogP contribution in [0.5, 0.6) is 0 Å². The Balaban J connectivity index is 5.51. The number of guanidine groups is 1. The molecule has 0 aromatic carbocycles. The van der Waals surface area contributed by atoms with E-state index in [0.717, 1.165) is 12.5 Å². The van der Waals surface area contributed by atoms with Gasteiger partial charge in [0.15, 0.2) is 5.96 Å². The van der Waals surface area contributed by atoms with Crippen molar-refractivity contribution < 1.29 is 13.3 Å². The maximum Gasteiger partial charge on any atom is 0.502 e. The van der Waals surface area contributed by atoms with Crippen molar-refractivity contribution >= 4 is 14.8 Å². The molecule has 0 aliphatic carbocycles. The average molecular weight is 320 g/mol. The highest BCUT2D eigenvalue weighted by Crippen LogP contribution is 2.35. The fourth-order valence-corrected chi connectivity index (χ4v) is 5.04. The Morgan fingerprint density at radius 2 is 1.57 bits per heavy atom. The summed E-state index contributed by atoms with van der Waals surface area (Å²) in [4.78, 5) is 0. The molecule has 0 aliphatic rings. The third kappa shape index (κ3) is 5.94. The van der Waals surface area contributed by atoms with Crippen molar-refractivity contribution in [1.29, 1.82) is 5.41 Å². The number of hydrogen-bond donors (Lipinski definition) is 3. The third-order valence-corrected chi connectivity index (χ3v) is 6.74. The Bertz CT molecular complexity index is 317. The van der Waals surface area contributed by atoms with Gasteiger partial charge in [-0.1, -0.05) is 34.1 Å². The number of nitrogens with one attached hydrogen (secondary N) is 2. The zero-order valence-electron chi connectivity index (χ0n) is 14.6. The molecule has 0 spiro atoms. The molecule has 0 saturated heterocycles. The summed E-state index contributed by atoms with van der Waals surface area (Å²) in [5, 5.41) is 10.5. The molecule has 0 radical (unpaired) electrons. The molecule has 0 bridgehead atoms. The summed E-state index contributed by atoms with van der Waals surface area (Å²) >= 11 is 0. The molecule has 0 fully saturated rings. The van der Waals surface area contributed by atoms with Crippen LogP contribution in [0.25, 0.3) is 0 Å². The molecular formula is C14H33N3O3Si. The molecule has 126 valence electrons. The lowest BCUT2D eigenvalue weighted by Gasteiger charge is -2.47. The van der Waals surface area contributed by atoms with Crippen LogP contribution in [0.15, 0.2) is 0 Å². The van der Waals surface area contributed by atoms with Crippen molar-refractivity contribution in [3.63, 3.8) is 0 Å². The molecule has 0 aromatic heterocycles. The minimum Gasteiger partial charge on any atom is -0.374 e. The van der Waals surface area contributed by atoms with E-state index in [1.165, 1.54) is 0 Å². The standard InChI is InChI=1S/C14H33N3O3Si/c1-8-11-21(18-9-2,19-10-3)20-14(7,13(4,5)6)17-12(15)16/h8-11H2,1-7H3,(H4,15,16,17). The lowest BCUT2D eigenvalue weighted by molar-refractivity contribution is -0.0902. The molecule has 0 aromatic rings. The summed E-state index contributed by atoms with van der Waals surface area (Å²) in [5.74, 6) is -0.125. The first kappa shape index (κ1) is 20.4. The second kappa shape index (κ2) is 8.12. The van der Waals surface area contributed by atoms with Gasteiger partial charge in [-0.2, -0.15) is 0 Å². The van der Waals surface area contributed by atoms with Crippen LogP contribution in [-0.4, -0.2) is 33.7 Å². The lowest BCUT2D eigenvalue weighted by Crippen LogP contribution is -2.65. The molecule has 4 N–H and O–H groups in total. The molecule has 1 atom stereocenters. The smallest absolute Gasteiger partial charge is 0.374 e. The van der Waals surface area contributed by atoms with Gasteiger partial charge in [0, 0.05) is 24.7 Å². The van der Waals surface area contributed by atoms with E-state index in [0.29, 0.717) is 13.2 Å². The number of nitrogens with two attached hydrogens (primary N) is 1. The quantitative estimate of drug-likeness (QED) is 0.263. The van der Waals surface area contributed by atoms with Gasteiger partial charge in [0.25, 0.3) is 0 Å². The van der Waals surface area contributed by atoms with E-state index in [9.17, 15) is 0 Å². The van der Waals surface area contributed by atoms with Crippen molar-refractivity contribution in [3.05, 3.63) is 0 Å². The molecule has 0 heterocycles. The van der Waals surface area contributed by atoms with Crippen molar-refractivity contribution in [3.8, 4) is 0 Å². The van der Waals surface area contributed by atoms with Gasteiger partial charge in [0.1, 0.15) is 5.72 Å². The maximum atomic E-state index is 7.56. The van der Waals surface area contributed by atoms with Crippen LogP contribution in [0, 0.1) is 10.8 Å². The number of hydrogen-bond acceptors (Lipinski definition) is 4. The fraction of sp³-hybridized carbons (Fsp3) is 0.929. The normalized spacial score (nSPS) is 15.6. The Morgan fingerprint density at radius 1 is 1.10 bits per heavy atom. The molecule has 21 heavy (non-hydrogen) atoms. The van der Waals surface area contributed by atoms with E-state index in [1.54, 1.807) is 0 Å². The molecule has 0 aliphatic heterocycles. The van der Waals surface area contributed by atoms with Crippen LogP contribution in [0.1, 0.15) is 54.9 Å². The summed E-state index contributed by atoms with van der Waals surface area (Å²) in [5.41, 5.74) is 4.41. The van der Waals surface area contributed by atoms with Crippen LogP contribution in [0.2, 0.25) is 6.04 Å². The van der Waals surface area contributed by atoms with Crippen LogP contribution in [0.4, 0.5) is 0 Å². The van der Waals surface area contributed by atoms with E-state index in [4.69, 9.17) is 24.4 Å². The lowest BCUT2D eigenvalue weighted by atomic mass is 9.84. The minimum atomic E-state index is -2.82. The zero-order chi connectivity index (χ0) is 16.7. The monoisotopic (exact) mass is 319 g/mol. The molecule has 7 heteroatoms. The van der Waals surface area contributed by atoms with Gasteiger partial charge in [0.05, 0.1) is 0 Å². The Kier molecular flexibility index (Phi) is 7.87. The highest BCUT2D eigenvalue weighted by atomic mass is 28.4. The molecular weight excluding hydrogens is 286 g/mol. The summed E-state index contributed by atoms with van der Waals surface area (Å²) in [7, 11) is -2.82. The molecule has 1 unspecified atom stereocenters. The maximum absolute atomic E-state index is 7.56. The largest absolute Gasteiger partial charge is 0.502 e. The van der Waals surface area contributed by atoms with Crippen LogP contribution >= 0.6 is 0 Å². The van der Waals surface area contributed by atoms with Crippen molar-refractivity contribution in [2.75, 3.05) is 13.2 Å². The second-order valence-corrected chi connectivity index (χ2v) is 8.87.